The van der Waals surface area contributed by atoms with Gasteiger partial charge in [-0.2, -0.15) is 5.48 Å². The van der Waals surface area contributed by atoms with Gasteiger partial charge in [-0.05, 0) is 27.7 Å². The van der Waals surface area contributed by atoms with E-state index in [-0.39, 0.29) is 11.6 Å². The quantitative estimate of drug-likeness (QED) is 0.473. The van der Waals surface area contributed by atoms with Crippen LogP contribution in [0, 0.1) is 0 Å². The van der Waals surface area contributed by atoms with E-state index in [1.165, 1.54) is 0 Å². The second-order valence-corrected chi connectivity index (χ2v) is 3.26. The van der Waals surface area contributed by atoms with Crippen molar-refractivity contribution in [1.82, 2.24) is 5.48 Å². The number of carbonyl (C=O) groups excluding carboxylic acids is 1. The van der Waals surface area contributed by atoms with Gasteiger partial charge >= 0.3 is 0 Å². The van der Waals surface area contributed by atoms with Crippen LogP contribution in [-0.4, -0.2) is 17.9 Å². The molecule has 1 N–H and O–H groups in total. The van der Waals surface area contributed by atoms with Crippen molar-refractivity contribution in [1.29, 1.82) is 0 Å². The molecule has 0 saturated heterocycles. The van der Waals surface area contributed by atoms with Crippen molar-refractivity contribution in [2.45, 2.75) is 39.3 Å². The number of rotatable bonds is 3. The highest BCUT2D eigenvalue weighted by molar-refractivity contribution is 5.56. The molecule has 0 saturated carbocycles. The van der Waals surface area contributed by atoms with E-state index in [2.05, 4.69) is 5.48 Å². The molecule has 0 aliphatic carbocycles. The average Bonchev–Trinajstić information content (AvgIpc) is 1.81. The van der Waals surface area contributed by atoms with Crippen LogP contribution in [-0.2, 0) is 9.63 Å². The Labute approximate surface area is 61.7 Å². The van der Waals surface area contributed by atoms with Crippen molar-refractivity contribution in [2.75, 3.05) is 0 Å². The molecule has 0 radical (unpaired) electrons. The van der Waals surface area contributed by atoms with Crippen LogP contribution in [0.1, 0.15) is 27.7 Å². The van der Waals surface area contributed by atoms with Gasteiger partial charge in [0.2, 0.25) is 0 Å². The summed E-state index contributed by atoms with van der Waals surface area (Å²) in [5.41, 5.74) is 2.37. The molecule has 0 bridgehead atoms. The minimum Gasteiger partial charge on any atom is -0.302 e. The molecule has 3 heteroatoms. The van der Waals surface area contributed by atoms with E-state index in [0.29, 0.717) is 0 Å². The zero-order chi connectivity index (χ0) is 8.20. The van der Waals surface area contributed by atoms with E-state index < -0.39 is 0 Å². The maximum absolute atomic E-state index is 10.1. The molecule has 10 heavy (non-hydrogen) atoms. The third kappa shape index (κ3) is 5.72. The maximum Gasteiger partial charge on any atom is 0.138 e. The van der Waals surface area contributed by atoms with E-state index >= 15 is 0 Å². The second kappa shape index (κ2) is 3.68. The fourth-order valence-corrected chi connectivity index (χ4v) is 0.298. The van der Waals surface area contributed by atoms with Crippen LogP contribution in [0.25, 0.3) is 0 Å². The van der Waals surface area contributed by atoms with Crippen molar-refractivity contribution < 1.29 is 9.63 Å². The summed E-state index contributed by atoms with van der Waals surface area (Å²) >= 11 is 0. The first-order valence-corrected chi connectivity index (χ1v) is 3.34. The molecular weight excluding hydrogens is 130 g/mol. The third-order valence-corrected chi connectivity index (χ3v) is 0.755. The Bertz CT molecular complexity index is 107. The van der Waals surface area contributed by atoms with Gasteiger partial charge in [0, 0.05) is 0 Å². The lowest BCUT2D eigenvalue weighted by Crippen LogP contribution is -2.35. The predicted octanol–water partition coefficient (Wildman–Crippen LogP) is 0.893. The minimum absolute atomic E-state index is 0.237. The van der Waals surface area contributed by atoms with Crippen molar-refractivity contribution in [3.63, 3.8) is 0 Å². The van der Waals surface area contributed by atoms with Gasteiger partial charge in [0.15, 0.2) is 0 Å². The van der Waals surface area contributed by atoms with Crippen molar-refractivity contribution >= 4 is 6.29 Å². The van der Waals surface area contributed by atoms with Gasteiger partial charge in [0.25, 0.3) is 0 Å². The molecule has 0 aliphatic rings. The molecule has 1 atom stereocenters. The molecule has 60 valence electrons. The fraction of sp³-hybridized carbons (Fsp3) is 0.857. The van der Waals surface area contributed by atoms with Crippen LogP contribution < -0.4 is 5.48 Å². The Kier molecular flexibility index (Phi) is 3.53. The van der Waals surface area contributed by atoms with Gasteiger partial charge in [-0.3, -0.25) is 4.84 Å². The molecule has 0 rings (SSSR count). The molecular formula is C7H15NO2. The number of carbonyl (C=O) groups is 1. The number of hydrogen-bond acceptors (Lipinski definition) is 3. The van der Waals surface area contributed by atoms with Gasteiger partial charge in [0.05, 0.1) is 11.6 Å². The predicted molar refractivity (Wildman–Crippen MR) is 39.5 cm³/mol. The summed E-state index contributed by atoms with van der Waals surface area (Å²) in [7, 11) is 0. The van der Waals surface area contributed by atoms with Crippen LogP contribution >= 0.6 is 0 Å². The van der Waals surface area contributed by atoms with Gasteiger partial charge < -0.3 is 4.79 Å². The number of hydroxylamine groups is 1. The summed E-state index contributed by atoms with van der Waals surface area (Å²) in [5.74, 6) is 0. The topological polar surface area (TPSA) is 38.3 Å². The third-order valence-electron chi connectivity index (χ3n) is 0.755. The molecule has 0 amide bonds. The Morgan fingerprint density at radius 2 is 2.00 bits per heavy atom. The van der Waals surface area contributed by atoms with Crippen LogP contribution in [0.3, 0.4) is 0 Å². The highest BCUT2D eigenvalue weighted by Gasteiger charge is 2.11. The summed E-state index contributed by atoms with van der Waals surface area (Å²) in [4.78, 5) is 15.2. The highest BCUT2D eigenvalue weighted by Crippen LogP contribution is 2.03. The molecule has 3 nitrogen and oxygen atoms in total. The van der Waals surface area contributed by atoms with E-state index in [0.717, 1.165) is 6.29 Å². The molecule has 0 fully saturated rings. The van der Waals surface area contributed by atoms with Crippen LogP contribution in [0.5, 0.6) is 0 Å². The molecule has 0 aliphatic heterocycles. The molecule has 0 unspecified atom stereocenters. The molecule has 0 aromatic heterocycles. The SMILES string of the molecule is C[C@@H](C=O)NOC(C)(C)C. The second-order valence-electron chi connectivity index (χ2n) is 3.26. The summed E-state index contributed by atoms with van der Waals surface area (Å²) in [5, 5.41) is 0. The highest BCUT2D eigenvalue weighted by atomic mass is 16.7. The summed E-state index contributed by atoms with van der Waals surface area (Å²) in [6.45, 7) is 7.48. The monoisotopic (exact) mass is 145 g/mol. The maximum atomic E-state index is 10.1. The molecule has 0 heterocycles. The standard InChI is InChI=1S/C7H15NO2/c1-6(5-9)8-10-7(2,3)4/h5-6,8H,1-4H3/t6-/m0/s1. The van der Waals surface area contributed by atoms with Crippen molar-refractivity contribution in [2.24, 2.45) is 0 Å². The Balaban J connectivity index is 3.45. The van der Waals surface area contributed by atoms with Gasteiger partial charge in [0.1, 0.15) is 6.29 Å². The van der Waals surface area contributed by atoms with Crippen LogP contribution in [0.2, 0.25) is 0 Å². The first-order chi connectivity index (χ1) is 4.45. The lowest BCUT2D eigenvalue weighted by atomic mass is 10.2. The van der Waals surface area contributed by atoms with Crippen molar-refractivity contribution in [3.05, 3.63) is 0 Å². The van der Waals surface area contributed by atoms with Crippen LogP contribution in [0.4, 0.5) is 0 Å². The lowest BCUT2D eigenvalue weighted by molar-refractivity contribution is -0.120. The number of nitrogens with one attached hydrogen (secondary N) is 1. The van der Waals surface area contributed by atoms with Gasteiger partial charge in [-0.25, -0.2) is 0 Å². The summed E-state index contributed by atoms with van der Waals surface area (Å²) < 4.78 is 0. The number of hydrogen-bond donors (Lipinski definition) is 1. The Morgan fingerprint density at radius 3 is 2.30 bits per heavy atom. The Morgan fingerprint density at radius 1 is 1.50 bits per heavy atom. The van der Waals surface area contributed by atoms with E-state index in [1.54, 1.807) is 6.92 Å². The smallest absolute Gasteiger partial charge is 0.138 e. The van der Waals surface area contributed by atoms with E-state index in [4.69, 9.17) is 4.84 Å². The summed E-state index contributed by atoms with van der Waals surface area (Å²) in [6.07, 6.45) is 0.797. The molecule has 0 aromatic carbocycles. The Hall–Kier alpha value is -0.410. The molecule has 0 spiro atoms. The van der Waals surface area contributed by atoms with Gasteiger partial charge in [-0.15, -0.1) is 0 Å². The zero-order valence-corrected chi connectivity index (χ0v) is 6.97. The number of aldehydes is 1. The first-order valence-electron chi connectivity index (χ1n) is 3.34. The van der Waals surface area contributed by atoms with Gasteiger partial charge in [-0.1, -0.05) is 0 Å². The zero-order valence-electron chi connectivity index (χ0n) is 6.97. The largest absolute Gasteiger partial charge is 0.302 e. The first kappa shape index (κ1) is 9.59. The minimum atomic E-state index is -0.239. The lowest BCUT2D eigenvalue weighted by Gasteiger charge is -2.20. The van der Waals surface area contributed by atoms with Crippen molar-refractivity contribution in [3.8, 4) is 0 Å². The fourth-order valence-electron chi connectivity index (χ4n) is 0.298. The van der Waals surface area contributed by atoms with Crippen LogP contribution in [0.15, 0.2) is 0 Å². The van der Waals surface area contributed by atoms with E-state index in [1.807, 2.05) is 20.8 Å². The normalized spacial score (nSPS) is 14.8. The summed E-state index contributed by atoms with van der Waals surface area (Å²) in [6, 6.07) is -0.237. The van der Waals surface area contributed by atoms with E-state index in [9.17, 15) is 4.79 Å². The average molecular weight is 145 g/mol. The molecule has 0 aromatic rings.